The Kier molecular flexibility index (Phi) is 5.05. The number of likely N-dealkylation sites (tertiary alicyclic amines) is 2. The summed E-state index contributed by atoms with van der Waals surface area (Å²) in [4.78, 5) is 28.0. The highest BCUT2D eigenvalue weighted by Crippen LogP contribution is 2.46. The first kappa shape index (κ1) is 18.9. The molecule has 1 N–H and O–H groups in total. The molecule has 8 heteroatoms. The van der Waals surface area contributed by atoms with E-state index in [9.17, 15) is 14.7 Å². The topological polar surface area (TPSA) is 88.5 Å². The third-order valence-corrected chi connectivity index (χ3v) is 6.16. The predicted octanol–water partition coefficient (Wildman–Crippen LogP) is 1.53. The first-order valence-corrected chi connectivity index (χ1v) is 9.68. The number of fused-ring (bicyclic) bond motifs is 1. The van der Waals surface area contributed by atoms with Crippen LogP contribution in [0.4, 0.5) is 0 Å². The lowest BCUT2D eigenvalue weighted by Crippen LogP contribution is -2.38. The number of hydrogen-bond acceptors (Lipinski definition) is 6. The molecule has 3 aliphatic rings. The van der Waals surface area contributed by atoms with Gasteiger partial charge in [0, 0.05) is 38.0 Å². The van der Waals surface area contributed by atoms with Crippen LogP contribution in [0.25, 0.3) is 0 Å². The van der Waals surface area contributed by atoms with Crippen LogP contribution < -0.4 is 14.2 Å². The molecule has 8 nitrogen and oxygen atoms in total. The summed E-state index contributed by atoms with van der Waals surface area (Å²) in [6, 6.07) is 3.59. The number of carbonyl (C=O) groups is 2. The van der Waals surface area contributed by atoms with Gasteiger partial charge in [-0.25, -0.2) is 0 Å². The summed E-state index contributed by atoms with van der Waals surface area (Å²) >= 11 is 0. The van der Waals surface area contributed by atoms with E-state index in [-0.39, 0.29) is 24.7 Å². The minimum Gasteiger partial charge on any atom is -0.493 e. The fourth-order valence-electron chi connectivity index (χ4n) is 4.74. The highest BCUT2D eigenvalue weighted by atomic mass is 16.7. The zero-order valence-corrected chi connectivity index (χ0v) is 16.2. The van der Waals surface area contributed by atoms with Crippen LogP contribution >= 0.6 is 0 Å². The van der Waals surface area contributed by atoms with Crippen LogP contribution in [0.15, 0.2) is 12.1 Å². The van der Waals surface area contributed by atoms with E-state index in [1.165, 1.54) is 0 Å². The molecule has 0 radical (unpaired) electrons. The number of methoxy groups -OCH3 is 1. The van der Waals surface area contributed by atoms with E-state index in [1.807, 2.05) is 24.1 Å². The zero-order chi connectivity index (χ0) is 19.8. The third kappa shape index (κ3) is 3.26. The van der Waals surface area contributed by atoms with Gasteiger partial charge < -0.3 is 29.1 Å². The van der Waals surface area contributed by atoms with Crippen molar-refractivity contribution in [2.24, 2.45) is 5.92 Å². The molecule has 3 unspecified atom stereocenters. The summed E-state index contributed by atoms with van der Waals surface area (Å²) in [6.45, 7) is 2.14. The molecule has 0 aromatic heterocycles. The van der Waals surface area contributed by atoms with Gasteiger partial charge in [0.05, 0.1) is 13.0 Å². The van der Waals surface area contributed by atoms with Gasteiger partial charge in [0.25, 0.3) is 0 Å². The minimum atomic E-state index is -0.816. The van der Waals surface area contributed by atoms with Gasteiger partial charge in [0.2, 0.25) is 18.4 Å². The standard InChI is InChI=1S/C20H26N2O6/c1-21-10-13(12-8-15(26-2)19-16(9-12)27-11-28-19)18(20(24)25)14(21)5-7-22-6-3-4-17(22)23/h8-9,13-14,18H,3-7,10-11H2,1-2H3,(H,24,25). The van der Waals surface area contributed by atoms with Gasteiger partial charge in [-0.2, -0.15) is 0 Å². The van der Waals surface area contributed by atoms with Crippen LogP contribution in [-0.2, 0) is 9.59 Å². The first-order chi connectivity index (χ1) is 13.5. The number of likely N-dealkylation sites (N-methyl/N-ethyl adjacent to an activating group) is 1. The summed E-state index contributed by atoms with van der Waals surface area (Å²) in [7, 11) is 3.52. The van der Waals surface area contributed by atoms with Crippen LogP contribution in [0.5, 0.6) is 17.2 Å². The number of amides is 1. The van der Waals surface area contributed by atoms with Gasteiger partial charge in [0.15, 0.2) is 11.5 Å². The van der Waals surface area contributed by atoms with Crippen molar-refractivity contribution in [1.82, 2.24) is 9.80 Å². The Balaban J connectivity index is 1.57. The summed E-state index contributed by atoms with van der Waals surface area (Å²) < 4.78 is 16.4. The minimum absolute atomic E-state index is 0.132. The zero-order valence-electron chi connectivity index (χ0n) is 16.2. The summed E-state index contributed by atoms with van der Waals surface area (Å²) in [5.74, 6) is 0.315. The maximum atomic E-state index is 12.2. The average Bonchev–Trinajstić information content (AvgIpc) is 3.37. The summed E-state index contributed by atoms with van der Waals surface area (Å²) in [5.41, 5.74) is 0.875. The van der Waals surface area contributed by atoms with Gasteiger partial charge in [-0.15, -0.1) is 0 Å². The maximum absolute atomic E-state index is 12.2. The van der Waals surface area contributed by atoms with Crippen LogP contribution in [0.3, 0.4) is 0 Å². The molecular formula is C20H26N2O6. The van der Waals surface area contributed by atoms with Crippen LogP contribution in [0.1, 0.15) is 30.7 Å². The normalized spacial score (nSPS) is 26.9. The molecule has 152 valence electrons. The molecule has 2 saturated heterocycles. The quantitative estimate of drug-likeness (QED) is 0.788. The molecule has 0 saturated carbocycles. The molecule has 0 bridgehead atoms. The SMILES string of the molecule is COc1cc(C2CN(C)C(CCN3CCCC3=O)C2C(=O)O)cc2c1OCO2. The maximum Gasteiger partial charge on any atom is 0.308 e. The van der Waals surface area contributed by atoms with Crippen molar-refractivity contribution in [2.45, 2.75) is 31.2 Å². The number of carboxylic acid groups (broad SMARTS) is 1. The molecule has 0 spiro atoms. The molecule has 1 aromatic carbocycles. The van der Waals surface area contributed by atoms with Gasteiger partial charge in [0.1, 0.15) is 0 Å². The fourth-order valence-corrected chi connectivity index (χ4v) is 4.74. The summed E-state index contributed by atoms with van der Waals surface area (Å²) in [5, 5.41) is 10.0. The van der Waals surface area contributed by atoms with Crippen molar-refractivity contribution in [1.29, 1.82) is 0 Å². The molecular weight excluding hydrogens is 364 g/mol. The van der Waals surface area contributed by atoms with Crippen molar-refractivity contribution in [3.8, 4) is 17.2 Å². The monoisotopic (exact) mass is 390 g/mol. The number of benzene rings is 1. The van der Waals surface area contributed by atoms with E-state index in [1.54, 1.807) is 7.11 Å². The van der Waals surface area contributed by atoms with E-state index in [2.05, 4.69) is 4.90 Å². The lowest BCUT2D eigenvalue weighted by Gasteiger charge is -2.26. The molecule has 3 atom stereocenters. The largest absolute Gasteiger partial charge is 0.493 e. The van der Waals surface area contributed by atoms with Crippen molar-refractivity contribution >= 4 is 11.9 Å². The fraction of sp³-hybridized carbons (Fsp3) is 0.600. The van der Waals surface area contributed by atoms with Crippen molar-refractivity contribution < 1.29 is 28.9 Å². The molecule has 3 heterocycles. The average molecular weight is 390 g/mol. The van der Waals surface area contributed by atoms with Crippen LogP contribution in [0.2, 0.25) is 0 Å². The highest BCUT2D eigenvalue weighted by Gasteiger charge is 2.45. The smallest absolute Gasteiger partial charge is 0.308 e. The van der Waals surface area contributed by atoms with Crippen LogP contribution in [-0.4, -0.2) is 73.4 Å². The number of carboxylic acids is 1. The molecule has 1 amide bonds. The molecule has 0 aliphatic carbocycles. The van der Waals surface area contributed by atoms with Gasteiger partial charge >= 0.3 is 5.97 Å². The lowest BCUT2D eigenvalue weighted by atomic mass is 9.84. The Morgan fingerprint density at radius 3 is 2.86 bits per heavy atom. The molecule has 3 aliphatic heterocycles. The number of rotatable bonds is 6. The molecule has 4 rings (SSSR count). The first-order valence-electron chi connectivity index (χ1n) is 9.68. The second-order valence-corrected chi connectivity index (χ2v) is 7.71. The number of ether oxygens (including phenoxy) is 3. The Morgan fingerprint density at radius 1 is 1.36 bits per heavy atom. The van der Waals surface area contributed by atoms with Crippen LogP contribution in [0, 0.1) is 5.92 Å². The van der Waals surface area contributed by atoms with E-state index in [4.69, 9.17) is 14.2 Å². The van der Waals surface area contributed by atoms with E-state index < -0.39 is 11.9 Å². The van der Waals surface area contributed by atoms with E-state index >= 15 is 0 Å². The van der Waals surface area contributed by atoms with E-state index in [0.717, 1.165) is 18.5 Å². The second-order valence-electron chi connectivity index (χ2n) is 7.71. The Morgan fingerprint density at radius 2 is 2.18 bits per heavy atom. The number of hydrogen-bond donors (Lipinski definition) is 1. The molecule has 1 aromatic rings. The Hall–Kier alpha value is -2.48. The van der Waals surface area contributed by atoms with Crippen molar-refractivity contribution in [3.63, 3.8) is 0 Å². The molecule has 28 heavy (non-hydrogen) atoms. The van der Waals surface area contributed by atoms with Gasteiger partial charge in [-0.05, 0) is 37.6 Å². The second kappa shape index (κ2) is 7.50. The van der Waals surface area contributed by atoms with Crippen molar-refractivity contribution in [3.05, 3.63) is 17.7 Å². The van der Waals surface area contributed by atoms with Gasteiger partial charge in [-0.1, -0.05) is 0 Å². The third-order valence-electron chi connectivity index (χ3n) is 6.16. The predicted molar refractivity (Wildman–Crippen MR) is 99.8 cm³/mol. The Bertz CT molecular complexity index is 782. The number of aliphatic carboxylic acids is 1. The van der Waals surface area contributed by atoms with Gasteiger partial charge in [-0.3, -0.25) is 9.59 Å². The van der Waals surface area contributed by atoms with E-state index in [0.29, 0.717) is 43.2 Å². The number of carbonyl (C=O) groups excluding carboxylic acids is 1. The Labute approximate surface area is 164 Å². The van der Waals surface area contributed by atoms with Crippen molar-refractivity contribution in [2.75, 3.05) is 40.6 Å². The lowest BCUT2D eigenvalue weighted by molar-refractivity contribution is -0.143. The molecule has 2 fully saturated rings. The number of nitrogens with zero attached hydrogens (tertiary/aromatic N) is 2. The highest BCUT2D eigenvalue weighted by molar-refractivity contribution is 5.78. The summed E-state index contributed by atoms with van der Waals surface area (Å²) in [6.07, 6.45) is 2.14.